The number of halogens is 1. The molecule has 2 fully saturated rings. The molecule has 0 radical (unpaired) electrons. The lowest BCUT2D eigenvalue weighted by Crippen LogP contribution is -2.46. The topological polar surface area (TPSA) is 244 Å². The van der Waals surface area contributed by atoms with Crippen molar-refractivity contribution in [3.63, 3.8) is 0 Å². The summed E-state index contributed by atoms with van der Waals surface area (Å²) in [6, 6.07) is 16.1. The smallest absolute Gasteiger partial charge is 0.412 e. The van der Waals surface area contributed by atoms with Gasteiger partial charge in [-0.2, -0.15) is 20.2 Å². The number of ether oxygens (including phenoxy) is 4. The van der Waals surface area contributed by atoms with E-state index in [4.69, 9.17) is 38.9 Å². The van der Waals surface area contributed by atoms with Crippen LogP contribution >= 0.6 is 11.8 Å². The van der Waals surface area contributed by atoms with Crippen LogP contribution in [0, 0.1) is 0 Å². The molecule has 2 N–H and O–H groups in total. The molecule has 4 atom stereocenters. The quantitative estimate of drug-likeness (QED) is 0.0956. The molecule has 14 rings (SSSR count). The number of hydrogen-bond donors (Lipinski definition) is 2. The Morgan fingerprint density at radius 2 is 1.27 bits per heavy atom. The van der Waals surface area contributed by atoms with Crippen molar-refractivity contribution >= 4 is 58.8 Å². The molecule has 24 nitrogen and oxygen atoms in total. The maximum absolute atomic E-state index is 14.7. The van der Waals surface area contributed by atoms with Gasteiger partial charge in [0, 0.05) is 108 Å². The second kappa shape index (κ2) is 26.4. The zero-order valence-corrected chi connectivity index (χ0v) is 58.7. The number of aryl methyl sites for hydroxylation is 4. The summed E-state index contributed by atoms with van der Waals surface area (Å²) in [5.74, 6) is 1.39. The Labute approximate surface area is 570 Å². The third-order valence-corrected chi connectivity index (χ3v) is 20.8. The molecule has 10 heterocycles. The number of carboxylic acid groups (broad SMARTS) is 1. The van der Waals surface area contributed by atoms with Crippen molar-refractivity contribution < 1.29 is 47.6 Å². The second-order valence-electron chi connectivity index (χ2n) is 29.8. The maximum atomic E-state index is 14.7. The van der Waals surface area contributed by atoms with Gasteiger partial charge in [-0.15, -0.1) is 0 Å². The first kappa shape index (κ1) is 67.6. The third-order valence-electron chi connectivity index (χ3n) is 20.3. The largest absolute Gasteiger partial charge is 0.465 e. The molecule has 2 unspecified atom stereocenters. The highest BCUT2D eigenvalue weighted by Crippen LogP contribution is 2.50. The van der Waals surface area contributed by atoms with E-state index in [0.717, 1.165) is 147 Å². The lowest BCUT2D eigenvalue weighted by molar-refractivity contribution is -0.0857. The van der Waals surface area contributed by atoms with E-state index in [1.54, 1.807) is 33.1 Å². The summed E-state index contributed by atoms with van der Waals surface area (Å²) >= 11 is 1.53. The average molecular weight is 1350 g/mol. The van der Waals surface area contributed by atoms with Crippen molar-refractivity contribution in [1.29, 1.82) is 0 Å². The fourth-order valence-corrected chi connectivity index (χ4v) is 16.2. The van der Waals surface area contributed by atoms with Crippen molar-refractivity contribution in [3.05, 3.63) is 116 Å². The van der Waals surface area contributed by atoms with Crippen LogP contribution in [0.1, 0.15) is 176 Å². The van der Waals surface area contributed by atoms with E-state index >= 15 is 0 Å². The summed E-state index contributed by atoms with van der Waals surface area (Å²) in [6.07, 6.45) is 10.2. The number of nitrogens with one attached hydrogen (secondary N) is 1. The Hall–Kier alpha value is -7.94. The van der Waals surface area contributed by atoms with Crippen LogP contribution in [0.3, 0.4) is 0 Å². The molecule has 0 bridgehead atoms. The highest BCUT2D eigenvalue weighted by molar-refractivity contribution is 7.98. The number of nitrogens with zero attached hydrogens (tertiary/aromatic N) is 14. The molecule has 0 saturated carbocycles. The molecular formula is C71H92FN15O9S. The Balaban J connectivity index is 0.000000178. The number of hydrogen-bond acceptors (Lipinski definition) is 18. The van der Waals surface area contributed by atoms with Gasteiger partial charge >= 0.3 is 18.2 Å². The number of amides is 4. The lowest BCUT2D eigenvalue weighted by Gasteiger charge is -2.43. The van der Waals surface area contributed by atoms with Gasteiger partial charge in [0.2, 0.25) is 0 Å². The fourth-order valence-electron chi connectivity index (χ4n) is 15.8. The highest BCUT2D eigenvalue weighted by Gasteiger charge is 2.51. The molecule has 518 valence electrons. The number of alkyl halides is 1. The molecule has 2 aliphatic carbocycles. The van der Waals surface area contributed by atoms with Gasteiger partial charge in [0.05, 0.1) is 65.8 Å². The maximum Gasteiger partial charge on any atom is 0.412 e. The van der Waals surface area contributed by atoms with E-state index in [-0.39, 0.29) is 23.4 Å². The molecule has 2 saturated heterocycles. The van der Waals surface area contributed by atoms with E-state index in [1.807, 2.05) is 93.6 Å². The van der Waals surface area contributed by atoms with Gasteiger partial charge in [-0.25, -0.2) is 23.9 Å². The van der Waals surface area contributed by atoms with Gasteiger partial charge in [-0.05, 0) is 177 Å². The Kier molecular flexibility index (Phi) is 18.4. The van der Waals surface area contributed by atoms with Crippen molar-refractivity contribution in [2.24, 2.45) is 0 Å². The number of thioether (sulfide) groups is 1. The van der Waals surface area contributed by atoms with Crippen LogP contribution in [0.5, 0.6) is 6.01 Å². The van der Waals surface area contributed by atoms with Gasteiger partial charge < -0.3 is 43.7 Å². The standard InChI is InChI=1S/C39H51FN8O5.C32H41N7O4S/c1-37(2,3)53-36(50)41-27-11-10-25-9-6-13-39(30(25)17-27)20-32-29(23-52-39)33(43-35(42-32)51-24-38-12-7-15-47(38)21-26(40)19-38)46-14-8-16-48-28(22-46)18-31(44-48)34(49)45(4)5;1-31(2,3)39(30(41)42)21-11-10-20-9-7-12-32(24(20)15-21)17-26-23(19-43-32)27(34-29(33-26)44-6)37-13-8-14-38-22(18-37)16-25(35-38)28(40)36(4)5/h10-11,17-18,26H,6-9,12-16,19-24H2,1-5H3,(H,41,50);10-11,15-16H,7-9,12-14,17-19H2,1-6H3,(H,41,42)/t26-,38+,39?;/m1./s1. The van der Waals surface area contributed by atoms with Crippen LogP contribution in [-0.4, -0.2) is 173 Å². The van der Waals surface area contributed by atoms with Gasteiger partial charge in [0.1, 0.15) is 30.0 Å². The highest BCUT2D eigenvalue weighted by atomic mass is 32.2. The number of carbonyl (C=O) groups excluding carboxylic acids is 3. The molecular weight excluding hydrogens is 1260 g/mol. The van der Waals surface area contributed by atoms with E-state index in [9.17, 15) is 28.7 Å². The zero-order valence-electron chi connectivity index (χ0n) is 57.9. The summed E-state index contributed by atoms with van der Waals surface area (Å²) < 4.78 is 44.4. The minimum absolute atomic E-state index is 0.107. The van der Waals surface area contributed by atoms with Crippen LogP contribution in [0.4, 0.5) is 37.0 Å². The van der Waals surface area contributed by atoms with E-state index in [0.29, 0.717) is 93.2 Å². The molecule has 4 amide bonds. The number of benzene rings is 2. The minimum Gasteiger partial charge on any atom is -0.465 e. The number of carbonyl (C=O) groups is 4. The Bertz CT molecular complexity index is 4030. The Morgan fingerprint density at radius 3 is 1.82 bits per heavy atom. The van der Waals surface area contributed by atoms with Crippen molar-refractivity contribution in [1.82, 2.24) is 54.2 Å². The van der Waals surface area contributed by atoms with Crippen LogP contribution in [-0.2, 0) is 90.5 Å². The van der Waals surface area contributed by atoms with Gasteiger partial charge in [-0.1, -0.05) is 23.9 Å². The summed E-state index contributed by atoms with van der Waals surface area (Å²) in [5, 5.41) is 23.0. The van der Waals surface area contributed by atoms with E-state index < -0.39 is 40.7 Å². The number of rotatable bonds is 10. The first-order valence-electron chi connectivity index (χ1n) is 34.2. The number of fused-ring (bicyclic) bond motifs is 9. The van der Waals surface area contributed by atoms with Gasteiger partial charge in [-0.3, -0.25) is 34.1 Å². The fraction of sp³-hybridized carbons (Fsp3) is 0.577. The van der Waals surface area contributed by atoms with Crippen LogP contribution < -0.4 is 24.8 Å². The molecule has 2 aromatic carbocycles. The molecule has 6 aromatic rings. The third kappa shape index (κ3) is 13.6. The normalized spacial score (nSPS) is 22.7. The van der Waals surface area contributed by atoms with Crippen molar-refractivity contribution in [3.8, 4) is 6.01 Å². The molecule has 8 aliphatic rings. The first-order valence-corrected chi connectivity index (χ1v) is 35.4. The monoisotopic (exact) mass is 1350 g/mol. The van der Waals surface area contributed by atoms with E-state index in [1.165, 1.54) is 32.7 Å². The Morgan fingerprint density at radius 1 is 0.701 bits per heavy atom. The number of anilines is 4. The minimum atomic E-state index is -0.976. The molecule has 6 aliphatic heterocycles. The number of aromatic nitrogens is 8. The second-order valence-corrected chi connectivity index (χ2v) is 30.5. The predicted octanol–water partition coefficient (Wildman–Crippen LogP) is 10.5. The molecule has 2 spiro atoms. The SMILES string of the molecule is CN(C)C(=O)c1cc2n(n1)CCCN(c1nc(OC[C@@]34CCCN3C[C@H](F)C4)nc3c1COC1(CCCc4ccc(NC(=O)OC(C)(C)C)cc41)C3)C2.CSc1nc2c(c(N3CCCn4nc(C(=O)N(C)C)cc4C3)n1)COC1(CCCc3ccc(N(C(=O)O)C(C)(C)C)cc31)C2. The van der Waals surface area contributed by atoms with Gasteiger partial charge in [0.25, 0.3) is 11.8 Å². The molecule has 26 heteroatoms. The van der Waals surface area contributed by atoms with Crippen LogP contribution in [0.15, 0.2) is 53.7 Å². The van der Waals surface area contributed by atoms with Gasteiger partial charge in [0.15, 0.2) is 16.5 Å². The molecule has 4 aromatic heterocycles. The zero-order chi connectivity index (χ0) is 68.5. The van der Waals surface area contributed by atoms with Crippen molar-refractivity contribution in [2.45, 2.75) is 204 Å². The first-order chi connectivity index (χ1) is 46.2. The van der Waals surface area contributed by atoms with Crippen molar-refractivity contribution in [2.75, 3.05) is 87.2 Å². The predicted molar refractivity (Wildman–Crippen MR) is 365 cm³/mol. The summed E-state index contributed by atoms with van der Waals surface area (Å²) in [7, 11) is 6.93. The average Bonchev–Trinajstić information content (AvgIpc) is 0.827. The van der Waals surface area contributed by atoms with Crippen LogP contribution in [0.2, 0.25) is 0 Å². The lowest BCUT2D eigenvalue weighted by atomic mass is 9.74. The summed E-state index contributed by atoms with van der Waals surface area (Å²) in [6.45, 7) is 17.6. The molecule has 97 heavy (non-hydrogen) atoms. The van der Waals surface area contributed by atoms with Crippen LogP contribution in [0.25, 0.3) is 0 Å². The van der Waals surface area contributed by atoms with E-state index in [2.05, 4.69) is 42.3 Å². The summed E-state index contributed by atoms with van der Waals surface area (Å²) in [4.78, 5) is 81.9. The summed E-state index contributed by atoms with van der Waals surface area (Å²) in [5.41, 5.74) is 9.56.